The summed E-state index contributed by atoms with van der Waals surface area (Å²) in [6.07, 6.45) is 0. The minimum Gasteiger partial charge on any atom is -0.310 e. The van der Waals surface area contributed by atoms with Crippen molar-refractivity contribution in [2.24, 2.45) is 0 Å². The van der Waals surface area contributed by atoms with Crippen LogP contribution in [0.1, 0.15) is 105 Å². The van der Waals surface area contributed by atoms with E-state index in [0.29, 0.717) is 0 Å². The van der Waals surface area contributed by atoms with Gasteiger partial charge < -0.3 is 24.0 Å². The molecule has 0 unspecified atom stereocenters. The van der Waals surface area contributed by atoms with Crippen molar-refractivity contribution >= 4 is 207 Å². The van der Waals surface area contributed by atoms with Gasteiger partial charge in [0.15, 0.2) is 0 Å². The van der Waals surface area contributed by atoms with E-state index in [0.717, 1.165) is 79.4 Å². The van der Waals surface area contributed by atoms with Gasteiger partial charge in [0.05, 0.1) is 38.0 Å². The van der Waals surface area contributed by atoms with Crippen LogP contribution >= 0.6 is 22.7 Å². The predicted octanol–water partition coefficient (Wildman–Crippen LogP) is 35.1. The summed E-state index contributed by atoms with van der Waals surface area (Å²) >= 11 is 3.81. The Labute approximate surface area is 743 Å². The molecule has 0 aliphatic rings. The Balaban J connectivity index is 0.624. The molecule has 610 valence electrons. The lowest BCUT2D eigenvalue weighted by Gasteiger charge is -2.28. The molecule has 0 spiro atoms. The maximum absolute atomic E-state index is 2.58. The lowest BCUT2D eigenvalue weighted by molar-refractivity contribution is 0.590. The van der Waals surface area contributed by atoms with Gasteiger partial charge in [0.2, 0.25) is 0 Å². The fourth-order valence-corrected chi connectivity index (χ4v) is 22.4. The van der Waals surface area contributed by atoms with Crippen molar-refractivity contribution < 1.29 is 0 Å². The number of aromatic nitrogens is 2. The summed E-state index contributed by atoms with van der Waals surface area (Å²) in [4.78, 5) is 11.1. The smallest absolute Gasteiger partial charge is 0.109 e. The molecule has 0 fully saturated rings. The van der Waals surface area contributed by atoms with E-state index in [1.54, 1.807) is 0 Å². The van der Waals surface area contributed by atoms with Crippen molar-refractivity contribution in [3.63, 3.8) is 0 Å². The molecule has 126 heavy (non-hydrogen) atoms. The van der Waals surface area contributed by atoms with Crippen molar-refractivity contribution in [1.82, 2.24) is 8.80 Å². The van der Waals surface area contributed by atoms with Crippen molar-refractivity contribution in [3.8, 4) is 22.3 Å². The first-order chi connectivity index (χ1) is 61.0. The van der Waals surface area contributed by atoms with E-state index in [4.69, 9.17) is 0 Å². The second-order valence-electron chi connectivity index (χ2n) is 38.6. The summed E-state index contributed by atoms with van der Waals surface area (Å²) in [5.41, 5.74) is 29.5. The molecular formula is C118H96N6S2. The van der Waals surface area contributed by atoms with Gasteiger partial charge in [-0.3, -0.25) is 4.40 Å². The molecule has 23 aromatic rings. The molecule has 0 aliphatic heterocycles. The van der Waals surface area contributed by atoms with Crippen LogP contribution < -0.4 is 19.6 Å². The maximum Gasteiger partial charge on any atom is 0.109 e. The summed E-state index contributed by atoms with van der Waals surface area (Å²) < 4.78 is 8.94. The molecule has 0 amide bonds. The fraction of sp³-hybridized carbons (Fsp3) is 0.136. The number of nitrogens with zero attached hydrogens (tertiary/aromatic N) is 6. The molecule has 23 rings (SSSR count). The third-order valence-electron chi connectivity index (χ3n) is 26.5. The Morgan fingerprint density at radius 1 is 0.214 bits per heavy atom. The number of rotatable bonds is 14. The lowest BCUT2D eigenvalue weighted by atomic mass is 9.87. The number of benzene rings is 17. The van der Waals surface area contributed by atoms with Gasteiger partial charge in [-0.2, -0.15) is 0 Å². The highest BCUT2D eigenvalue weighted by Crippen LogP contribution is 2.55. The quantitative estimate of drug-likeness (QED) is 0.108. The Kier molecular flexibility index (Phi) is 17.5. The third-order valence-corrected chi connectivity index (χ3v) is 28.8. The third kappa shape index (κ3) is 12.7. The molecule has 6 nitrogen and oxygen atoms in total. The summed E-state index contributed by atoms with van der Waals surface area (Å²) in [6.45, 7) is 27.5. The van der Waals surface area contributed by atoms with E-state index < -0.39 is 0 Å². The zero-order valence-corrected chi connectivity index (χ0v) is 74.8. The molecular weight excluding hydrogens is 1570 g/mol. The van der Waals surface area contributed by atoms with E-state index in [1.165, 1.54) is 150 Å². The van der Waals surface area contributed by atoms with Gasteiger partial charge in [-0.1, -0.05) is 271 Å². The molecule has 0 saturated carbocycles. The normalized spacial score (nSPS) is 12.6. The maximum atomic E-state index is 2.58. The van der Waals surface area contributed by atoms with E-state index >= 15 is 0 Å². The van der Waals surface area contributed by atoms with Crippen LogP contribution in [0.5, 0.6) is 0 Å². The first-order valence-corrected chi connectivity index (χ1v) is 45.8. The van der Waals surface area contributed by atoms with Gasteiger partial charge >= 0.3 is 0 Å². The van der Waals surface area contributed by atoms with Crippen LogP contribution in [0.4, 0.5) is 68.2 Å². The number of anilines is 12. The molecule has 17 aromatic carbocycles. The molecule has 0 atom stereocenters. The molecule has 0 saturated heterocycles. The summed E-state index contributed by atoms with van der Waals surface area (Å²) in [6, 6.07) is 138. The van der Waals surface area contributed by atoms with Gasteiger partial charge in [0.25, 0.3) is 0 Å². The molecule has 0 radical (unpaired) electrons. The molecule has 8 heteroatoms. The Morgan fingerprint density at radius 3 is 1.26 bits per heavy atom. The lowest BCUT2D eigenvalue weighted by Crippen LogP contribution is -2.13. The van der Waals surface area contributed by atoms with E-state index in [2.05, 4.69) is 475 Å². The predicted molar refractivity (Wildman–Crippen MR) is 546 cm³/mol. The fourth-order valence-electron chi connectivity index (χ4n) is 19.9. The van der Waals surface area contributed by atoms with Crippen LogP contribution in [0.3, 0.4) is 0 Å². The van der Waals surface area contributed by atoms with E-state index in [-0.39, 0.29) is 21.7 Å². The van der Waals surface area contributed by atoms with E-state index in [1.807, 2.05) is 22.7 Å². The Morgan fingerprint density at radius 2 is 0.635 bits per heavy atom. The van der Waals surface area contributed by atoms with E-state index in [9.17, 15) is 0 Å². The highest BCUT2D eigenvalue weighted by atomic mass is 32.1. The van der Waals surface area contributed by atoms with Crippen molar-refractivity contribution in [3.05, 3.63) is 386 Å². The standard InChI is InChI=1S/C118H96N6S2/c1-115(2,3)81-38-48-86(49-39-81)119(85-29-17-14-18-30-85)93-58-62-104-100(70-93)101-68-80(73-24-15-13-16-25-73)69-102-110(101)123(104)112-98-60-57-95(72-107(98)125-113(102)112)120(87-50-40-82(41-51-87)116(4,5)6)90-31-23-28-76(66-90)77-34-35-79-67-92(47-37-78(79)64-77)122(89-54-44-84(45-55-89)118(10,11)12)105-63-61-99-108-97-59-56-94(71-106(97)126-114(108)124-103-33-22-21-32-96(103)109(105)111(99)124)121(88-52-42-83(43-53-88)117(7,8)9)91-46-36-74-26-19-20-27-75(74)65-91/h13-72H,1-12H3. The minimum atomic E-state index is -0.0234. The zero-order valence-electron chi connectivity index (χ0n) is 73.1. The van der Waals surface area contributed by atoms with Crippen LogP contribution in [0.2, 0.25) is 0 Å². The largest absolute Gasteiger partial charge is 0.310 e. The minimum absolute atomic E-state index is 0.0191. The molecule has 0 bridgehead atoms. The Hall–Kier alpha value is -14.0. The number of thiophene rings is 2. The number of hydrogen-bond acceptors (Lipinski definition) is 6. The van der Waals surface area contributed by atoms with Gasteiger partial charge in [-0.25, -0.2) is 0 Å². The monoisotopic (exact) mass is 1660 g/mol. The van der Waals surface area contributed by atoms with Gasteiger partial charge in [0, 0.05) is 120 Å². The first kappa shape index (κ1) is 76.8. The van der Waals surface area contributed by atoms with Crippen molar-refractivity contribution in [1.29, 1.82) is 0 Å². The first-order valence-electron chi connectivity index (χ1n) is 44.2. The average Bonchev–Trinajstić information content (AvgIpc) is 1.52. The topological polar surface area (TPSA) is 21.8 Å². The zero-order chi connectivity index (χ0) is 85.6. The van der Waals surface area contributed by atoms with Crippen molar-refractivity contribution in [2.45, 2.75) is 105 Å². The Bertz CT molecular complexity index is 8230. The average molecular weight is 1660 g/mol. The molecule has 6 aromatic heterocycles. The van der Waals surface area contributed by atoms with Gasteiger partial charge in [0.1, 0.15) is 4.83 Å². The van der Waals surface area contributed by atoms with Gasteiger partial charge in [-0.15, -0.1) is 22.7 Å². The highest BCUT2D eigenvalue weighted by molar-refractivity contribution is 7.27. The van der Waals surface area contributed by atoms with Crippen LogP contribution in [0.25, 0.3) is 139 Å². The van der Waals surface area contributed by atoms with Crippen molar-refractivity contribution in [2.75, 3.05) is 19.6 Å². The van der Waals surface area contributed by atoms with Crippen LogP contribution in [-0.2, 0) is 21.7 Å². The van der Waals surface area contributed by atoms with Crippen LogP contribution in [0.15, 0.2) is 364 Å². The highest BCUT2D eigenvalue weighted by Gasteiger charge is 2.31. The molecule has 0 N–H and O–H groups in total. The number of fused-ring (bicyclic) bond motifs is 18. The van der Waals surface area contributed by atoms with Gasteiger partial charge in [-0.05, 0) is 264 Å². The second-order valence-corrected chi connectivity index (χ2v) is 40.7. The number of hydrogen-bond donors (Lipinski definition) is 0. The van der Waals surface area contributed by atoms with Crippen LogP contribution in [-0.4, -0.2) is 8.80 Å². The molecule has 6 heterocycles. The van der Waals surface area contributed by atoms with Crippen LogP contribution in [0, 0.1) is 0 Å². The summed E-state index contributed by atoms with van der Waals surface area (Å²) in [7, 11) is 0. The summed E-state index contributed by atoms with van der Waals surface area (Å²) in [5.74, 6) is 0. The summed E-state index contributed by atoms with van der Waals surface area (Å²) in [5, 5.41) is 16.1. The SMILES string of the molecule is CC(C)(C)c1ccc(N(c2ccc3ccccc3c2)c2ccc3c(c2)sc2c3c3ccc(N(c4ccc(C(C)(C)C)cc4)c4ccc5cc(-c6cccc(N(c7ccc(C(C)(C)C)cc7)c7ccc8c(c7)sc7c9cc(-c%10ccccc%10)cc%10c%11cc(N(c%12ccccc%12)c%12ccc(C(C)(C)C)cc%12)ccc%11n(c%109)c87)c6)ccc5c4)c4c5ccccc5n2c34)cc1. The second kappa shape index (κ2) is 28.8. The number of para-hydroxylation sites is 2. The molecule has 0 aliphatic carbocycles.